The molecule has 0 bridgehead atoms. The third-order valence-electron chi connectivity index (χ3n) is 4.59. The largest absolute Gasteiger partial charge is 0.508 e. The predicted molar refractivity (Wildman–Crippen MR) is 103 cm³/mol. The maximum Gasteiger partial charge on any atom is 0.335 e. The molecule has 0 amide bonds. The van der Waals surface area contributed by atoms with Crippen molar-refractivity contribution in [1.29, 1.82) is 0 Å². The molecule has 0 saturated heterocycles. The topological polar surface area (TPSA) is 105 Å². The number of benzene rings is 3. The number of rotatable bonds is 3. The van der Waals surface area contributed by atoms with Gasteiger partial charge in [-0.25, -0.2) is 4.79 Å². The van der Waals surface area contributed by atoms with Crippen molar-refractivity contribution in [2.75, 3.05) is 0 Å². The normalized spacial score (nSPS) is 11.0. The Hall–Kier alpha value is -3.93. The average molecular weight is 374 g/mol. The molecule has 6 nitrogen and oxygen atoms in total. The van der Waals surface area contributed by atoms with E-state index in [4.69, 9.17) is 4.42 Å². The second kappa shape index (κ2) is 6.35. The van der Waals surface area contributed by atoms with Crippen molar-refractivity contribution in [3.05, 3.63) is 75.9 Å². The number of carbonyl (C=O) groups excluding carboxylic acids is 1. The van der Waals surface area contributed by atoms with Crippen LogP contribution in [0.25, 0.3) is 33.4 Å². The predicted octanol–water partition coefficient (Wildman–Crippen LogP) is 4.17. The lowest BCUT2D eigenvalue weighted by atomic mass is 9.89. The fourth-order valence-corrected chi connectivity index (χ4v) is 3.34. The van der Waals surface area contributed by atoms with Crippen LogP contribution in [0.5, 0.6) is 5.75 Å². The van der Waals surface area contributed by atoms with Crippen molar-refractivity contribution in [3.63, 3.8) is 0 Å². The summed E-state index contributed by atoms with van der Waals surface area (Å²) in [6.45, 7) is 1.36. The average Bonchev–Trinajstić information content (AvgIpc) is 2.65. The number of fused-ring (bicyclic) bond motifs is 2. The summed E-state index contributed by atoms with van der Waals surface area (Å²) < 4.78 is 5.79. The van der Waals surface area contributed by atoms with E-state index in [1.807, 2.05) is 0 Å². The zero-order valence-electron chi connectivity index (χ0n) is 14.7. The van der Waals surface area contributed by atoms with E-state index in [9.17, 15) is 24.6 Å². The molecule has 2 aliphatic rings. The molecular formula is C22H14O6. The minimum absolute atomic E-state index is 0.00247. The number of carboxylic acid groups (broad SMARTS) is 1. The molecule has 6 heteroatoms. The Kier molecular flexibility index (Phi) is 3.96. The first-order chi connectivity index (χ1) is 13.3. The fraction of sp³-hybridized carbons (Fsp3) is 0.0455. The van der Waals surface area contributed by atoms with Gasteiger partial charge in [0.05, 0.1) is 5.56 Å². The number of phenolic OH excluding ortho intramolecular Hbond substituents is 1. The molecule has 1 aliphatic heterocycles. The second-order valence-electron chi connectivity index (χ2n) is 6.44. The molecule has 0 radical (unpaired) electrons. The quantitative estimate of drug-likeness (QED) is 0.412. The number of hydrogen-bond acceptors (Lipinski definition) is 5. The number of phenols is 1. The van der Waals surface area contributed by atoms with E-state index in [1.165, 1.54) is 43.3 Å². The molecule has 2 aromatic rings. The highest BCUT2D eigenvalue weighted by molar-refractivity contribution is 6.10. The maximum absolute atomic E-state index is 12.3. The van der Waals surface area contributed by atoms with Crippen molar-refractivity contribution < 1.29 is 24.2 Å². The maximum atomic E-state index is 12.3. The third kappa shape index (κ3) is 2.81. The molecule has 1 aliphatic carbocycles. The zero-order chi connectivity index (χ0) is 20.0. The molecule has 0 fully saturated rings. The molecule has 0 aromatic heterocycles. The summed E-state index contributed by atoms with van der Waals surface area (Å²) in [5.74, 6) is -1.13. The van der Waals surface area contributed by atoms with E-state index in [0.717, 1.165) is 0 Å². The molecule has 0 saturated carbocycles. The second-order valence-corrected chi connectivity index (χ2v) is 6.44. The highest BCUT2D eigenvalue weighted by atomic mass is 16.4. The lowest BCUT2D eigenvalue weighted by Crippen LogP contribution is -2.04. The van der Waals surface area contributed by atoms with Crippen LogP contribution in [0.3, 0.4) is 0 Å². The molecule has 28 heavy (non-hydrogen) atoms. The fourth-order valence-electron chi connectivity index (χ4n) is 3.34. The van der Waals surface area contributed by atoms with Gasteiger partial charge >= 0.3 is 5.97 Å². The van der Waals surface area contributed by atoms with Gasteiger partial charge in [0, 0.05) is 34.2 Å². The lowest BCUT2D eigenvalue weighted by Gasteiger charge is -2.17. The van der Waals surface area contributed by atoms with E-state index < -0.39 is 5.97 Å². The standard InChI is InChI=1S/C22H14O6/c1-11(23)18-8-12(22(26)27)2-5-15(18)21-16-6-3-13(24)9-19(16)28-20-10-14(25)4-7-17(20)21/h2-10,24H,1H3,(H,26,27). The highest BCUT2D eigenvalue weighted by Crippen LogP contribution is 2.42. The van der Waals surface area contributed by atoms with Gasteiger partial charge in [-0.3, -0.25) is 9.59 Å². The molecule has 4 rings (SSSR count). The van der Waals surface area contributed by atoms with Crippen LogP contribution in [0.1, 0.15) is 27.6 Å². The van der Waals surface area contributed by atoms with E-state index >= 15 is 0 Å². The van der Waals surface area contributed by atoms with Gasteiger partial charge in [-0.2, -0.15) is 0 Å². The number of aromatic hydroxyl groups is 1. The SMILES string of the molecule is CC(=O)c1cc(C(=O)O)ccc1-c1c2ccc(=O)cc-2oc2cc(O)ccc12. The smallest absolute Gasteiger partial charge is 0.335 e. The third-order valence-corrected chi connectivity index (χ3v) is 4.59. The number of hydrogen-bond donors (Lipinski definition) is 2. The first kappa shape index (κ1) is 17.5. The molecule has 0 unspecified atom stereocenters. The summed E-state index contributed by atoms with van der Waals surface area (Å²) in [7, 11) is 0. The number of Topliss-reactive ketones (excluding diaryl/α,β-unsaturated/α-hetero) is 1. The Balaban J connectivity index is 2.17. The Morgan fingerprint density at radius 2 is 1.68 bits per heavy atom. The summed E-state index contributed by atoms with van der Waals surface area (Å²) in [6, 6.07) is 13.3. The number of carbonyl (C=O) groups is 2. The van der Waals surface area contributed by atoms with Crippen LogP contribution in [0, 0.1) is 0 Å². The summed E-state index contributed by atoms with van der Waals surface area (Å²) in [5, 5.41) is 19.7. The number of ketones is 1. The van der Waals surface area contributed by atoms with Gasteiger partial charge in [0.15, 0.2) is 11.2 Å². The van der Waals surface area contributed by atoms with Gasteiger partial charge in [0.1, 0.15) is 17.1 Å². The molecule has 2 aromatic carbocycles. The van der Waals surface area contributed by atoms with Gasteiger partial charge in [-0.1, -0.05) is 6.07 Å². The lowest BCUT2D eigenvalue weighted by molar-refractivity contribution is 0.0697. The Labute approximate surface area is 158 Å². The molecule has 0 atom stereocenters. The van der Waals surface area contributed by atoms with Crippen LogP contribution in [-0.2, 0) is 0 Å². The van der Waals surface area contributed by atoms with Gasteiger partial charge in [0.25, 0.3) is 0 Å². The van der Waals surface area contributed by atoms with Crippen LogP contribution >= 0.6 is 0 Å². The number of carboxylic acids is 1. The molecule has 1 heterocycles. The van der Waals surface area contributed by atoms with Gasteiger partial charge in [0.2, 0.25) is 0 Å². The minimum Gasteiger partial charge on any atom is -0.508 e. The van der Waals surface area contributed by atoms with E-state index in [0.29, 0.717) is 33.4 Å². The van der Waals surface area contributed by atoms with E-state index in [-0.39, 0.29) is 28.1 Å². The van der Waals surface area contributed by atoms with Crippen LogP contribution in [0.15, 0.2) is 63.8 Å². The van der Waals surface area contributed by atoms with E-state index in [2.05, 4.69) is 0 Å². The number of aromatic carboxylic acids is 1. The van der Waals surface area contributed by atoms with E-state index in [1.54, 1.807) is 18.2 Å². The summed E-state index contributed by atoms with van der Waals surface area (Å²) in [5.41, 5.74) is 2.09. The van der Waals surface area contributed by atoms with Gasteiger partial charge in [-0.15, -0.1) is 0 Å². The monoisotopic (exact) mass is 374 g/mol. The van der Waals surface area contributed by atoms with Crippen LogP contribution in [0.4, 0.5) is 0 Å². The summed E-state index contributed by atoms with van der Waals surface area (Å²) in [4.78, 5) is 35.4. The van der Waals surface area contributed by atoms with Crippen molar-refractivity contribution in [1.82, 2.24) is 0 Å². The minimum atomic E-state index is -1.13. The molecule has 2 N–H and O–H groups in total. The first-order valence-electron chi connectivity index (χ1n) is 8.43. The summed E-state index contributed by atoms with van der Waals surface area (Å²) in [6.07, 6.45) is 0. The first-order valence-corrected chi connectivity index (χ1v) is 8.43. The molecular weight excluding hydrogens is 360 g/mol. The molecule has 0 spiro atoms. The Bertz CT molecular complexity index is 1300. The van der Waals surface area contributed by atoms with Crippen LogP contribution in [0.2, 0.25) is 0 Å². The summed E-state index contributed by atoms with van der Waals surface area (Å²) >= 11 is 0. The Morgan fingerprint density at radius 3 is 2.39 bits per heavy atom. The van der Waals surface area contributed by atoms with Gasteiger partial charge < -0.3 is 14.6 Å². The van der Waals surface area contributed by atoms with Crippen molar-refractivity contribution in [3.8, 4) is 28.2 Å². The van der Waals surface area contributed by atoms with Crippen molar-refractivity contribution in [2.24, 2.45) is 0 Å². The Morgan fingerprint density at radius 1 is 0.929 bits per heavy atom. The van der Waals surface area contributed by atoms with Crippen LogP contribution < -0.4 is 5.43 Å². The molecule has 138 valence electrons. The van der Waals surface area contributed by atoms with Crippen LogP contribution in [-0.4, -0.2) is 22.0 Å². The zero-order valence-corrected chi connectivity index (χ0v) is 14.7. The van der Waals surface area contributed by atoms with Crippen molar-refractivity contribution in [2.45, 2.75) is 6.92 Å². The van der Waals surface area contributed by atoms with Gasteiger partial charge in [-0.05, 0) is 48.9 Å². The highest BCUT2D eigenvalue weighted by Gasteiger charge is 2.22. The van der Waals surface area contributed by atoms with Crippen molar-refractivity contribution >= 4 is 22.7 Å².